The van der Waals surface area contributed by atoms with E-state index in [0.29, 0.717) is 18.3 Å². The molecule has 9 heteroatoms. The number of amides is 2. The van der Waals surface area contributed by atoms with Crippen molar-refractivity contribution in [3.8, 4) is 0 Å². The van der Waals surface area contributed by atoms with Crippen molar-refractivity contribution in [1.82, 2.24) is 9.97 Å². The summed E-state index contributed by atoms with van der Waals surface area (Å²) >= 11 is 0. The van der Waals surface area contributed by atoms with Crippen LogP contribution in [0.25, 0.3) is 5.57 Å². The van der Waals surface area contributed by atoms with E-state index in [2.05, 4.69) is 26.7 Å². The van der Waals surface area contributed by atoms with Gasteiger partial charge in [-0.25, -0.2) is 4.98 Å². The Morgan fingerprint density at radius 3 is 2.80 bits per heavy atom. The van der Waals surface area contributed by atoms with Gasteiger partial charge < -0.3 is 27.0 Å². The van der Waals surface area contributed by atoms with Gasteiger partial charge in [-0.05, 0) is 75.6 Å². The monoisotopic (exact) mass is 475 g/mol. The Balaban J connectivity index is 1.57. The highest BCUT2D eigenvalue weighted by molar-refractivity contribution is 6.09. The highest BCUT2D eigenvalue weighted by Gasteiger charge is 2.40. The molecule has 0 spiro atoms. The molecule has 9 nitrogen and oxygen atoms in total. The maximum absolute atomic E-state index is 12.8. The maximum Gasteiger partial charge on any atom is 0.254 e. The molecule has 5 rings (SSSR count). The lowest BCUT2D eigenvalue weighted by molar-refractivity contribution is -0.119. The molecule has 1 atom stereocenters. The van der Waals surface area contributed by atoms with Crippen molar-refractivity contribution in [3.05, 3.63) is 41.1 Å². The quantitative estimate of drug-likeness (QED) is 0.519. The fourth-order valence-corrected chi connectivity index (χ4v) is 5.20. The number of carbonyl (C=O) groups is 2. The molecule has 0 unspecified atom stereocenters. The highest BCUT2D eigenvalue weighted by atomic mass is 16.2. The second-order valence-corrected chi connectivity index (χ2v) is 10.3. The Morgan fingerprint density at radius 1 is 1.26 bits per heavy atom. The minimum Gasteiger partial charge on any atom is -0.365 e. The van der Waals surface area contributed by atoms with Gasteiger partial charge in [-0.1, -0.05) is 6.08 Å². The Hall–Kier alpha value is -3.46. The van der Waals surface area contributed by atoms with Gasteiger partial charge in [0.1, 0.15) is 11.4 Å². The molecular formula is C26H33N7O2. The Labute approximate surface area is 205 Å². The second kappa shape index (κ2) is 8.96. The maximum atomic E-state index is 12.8. The third-order valence-corrected chi connectivity index (χ3v) is 7.30. The molecule has 1 aromatic heterocycles. The predicted octanol–water partition coefficient (Wildman–Crippen LogP) is 3.43. The zero-order valence-corrected chi connectivity index (χ0v) is 20.4. The molecule has 3 aliphatic rings. The first-order valence-electron chi connectivity index (χ1n) is 12.4. The first kappa shape index (κ1) is 23.3. The van der Waals surface area contributed by atoms with E-state index in [1.807, 2.05) is 30.9 Å². The topological polar surface area (TPSA) is 139 Å². The number of piperidine rings is 1. The summed E-state index contributed by atoms with van der Waals surface area (Å²) in [5.74, 6) is 0.232. The fraction of sp³-hybridized carbons (Fsp3) is 0.462. The number of anilines is 4. The summed E-state index contributed by atoms with van der Waals surface area (Å²) in [5.41, 5.74) is 16.1. The number of rotatable bonds is 5. The first-order valence-corrected chi connectivity index (χ1v) is 12.4. The first-order chi connectivity index (χ1) is 16.7. The van der Waals surface area contributed by atoms with Gasteiger partial charge in [0.15, 0.2) is 0 Å². The summed E-state index contributed by atoms with van der Waals surface area (Å²) in [7, 11) is 0. The summed E-state index contributed by atoms with van der Waals surface area (Å²) in [6.07, 6.45) is 9.95. The standard InChI is InChI=1S/C26H33N7O2/c1-26(2)20-12-17(11-18(21(20)31-24(26)35)15-7-4-3-5-8-15)30-23-19(22(28)34)13-29-25(32-23)33-10-6-9-16(27)14-33/h7,11-13,16H,3-6,8-10,14,27H2,1-2H3,(H2,28,34)(H,31,35)(H,29,30,32)/t16-/m0/s1. The molecule has 2 amide bonds. The lowest BCUT2D eigenvalue weighted by atomic mass is 9.83. The van der Waals surface area contributed by atoms with Crippen LogP contribution >= 0.6 is 0 Å². The Kier molecular flexibility index (Phi) is 5.96. The van der Waals surface area contributed by atoms with E-state index < -0.39 is 11.3 Å². The summed E-state index contributed by atoms with van der Waals surface area (Å²) in [6.45, 7) is 5.32. The molecule has 0 saturated carbocycles. The summed E-state index contributed by atoms with van der Waals surface area (Å²) in [4.78, 5) is 36.1. The average Bonchev–Trinajstić information content (AvgIpc) is 3.07. The van der Waals surface area contributed by atoms with Gasteiger partial charge in [0.05, 0.1) is 11.1 Å². The third-order valence-electron chi connectivity index (χ3n) is 7.30. The Morgan fingerprint density at radius 2 is 2.09 bits per heavy atom. The van der Waals surface area contributed by atoms with Gasteiger partial charge in [0.25, 0.3) is 5.91 Å². The van der Waals surface area contributed by atoms with Crippen molar-refractivity contribution in [3.63, 3.8) is 0 Å². The molecule has 0 radical (unpaired) electrons. The van der Waals surface area contributed by atoms with Crippen LogP contribution in [-0.4, -0.2) is 40.9 Å². The molecule has 1 aliphatic carbocycles. The van der Waals surface area contributed by atoms with Gasteiger partial charge in [-0.2, -0.15) is 4.98 Å². The average molecular weight is 476 g/mol. The molecular weight excluding hydrogens is 442 g/mol. The van der Waals surface area contributed by atoms with Crippen LogP contribution in [0, 0.1) is 0 Å². The smallest absolute Gasteiger partial charge is 0.254 e. The number of primary amides is 1. The van der Waals surface area contributed by atoms with Crippen LogP contribution in [0.5, 0.6) is 0 Å². The summed E-state index contributed by atoms with van der Waals surface area (Å²) in [5, 5.41) is 6.43. The van der Waals surface area contributed by atoms with Crippen LogP contribution in [0.15, 0.2) is 24.4 Å². The largest absolute Gasteiger partial charge is 0.365 e. The number of fused-ring (bicyclic) bond motifs is 1. The van der Waals surface area contributed by atoms with Crippen LogP contribution in [0.2, 0.25) is 0 Å². The fourth-order valence-electron chi connectivity index (χ4n) is 5.20. The van der Waals surface area contributed by atoms with Crippen LogP contribution < -0.4 is 27.0 Å². The number of hydrogen-bond donors (Lipinski definition) is 4. The summed E-state index contributed by atoms with van der Waals surface area (Å²) < 4.78 is 0. The van der Waals surface area contributed by atoms with Crippen molar-refractivity contribution in [2.75, 3.05) is 28.6 Å². The molecule has 35 heavy (non-hydrogen) atoms. The van der Waals surface area contributed by atoms with E-state index in [1.54, 1.807) is 0 Å². The zero-order chi connectivity index (χ0) is 24.7. The Bertz CT molecular complexity index is 1220. The lowest BCUT2D eigenvalue weighted by Gasteiger charge is -2.31. The minimum atomic E-state index is -0.676. The van der Waals surface area contributed by atoms with Crippen molar-refractivity contribution >= 4 is 40.5 Å². The second-order valence-electron chi connectivity index (χ2n) is 10.3. The zero-order valence-electron chi connectivity index (χ0n) is 20.4. The van der Waals surface area contributed by atoms with Crippen LogP contribution in [-0.2, 0) is 10.2 Å². The number of carbonyl (C=O) groups excluding carboxylic acids is 2. The SMILES string of the molecule is CC1(C)C(=O)Nc2c(C3=CCCCC3)cc(Nc3nc(N4CCC[C@H](N)C4)ncc3C(N)=O)cc21. The van der Waals surface area contributed by atoms with Crippen LogP contribution in [0.1, 0.15) is 73.9 Å². The molecule has 2 aromatic rings. The molecule has 184 valence electrons. The van der Waals surface area contributed by atoms with Crippen LogP contribution in [0.4, 0.5) is 23.1 Å². The number of benzene rings is 1. The molecule has 2 aliphatic heterocycles. The molecule has 1 aromatic carbocycles. The third kappa shape index (κ3) is 4.36. The number of nitrogens with two attached hydrogens (primary N) is 2. The summed E-state index contributed by atoms with van der Waals surface area (Å²) in [6, 6.07) is 4.06. The molecule has 1 fully saturated rings. The van der Waals surface area contributed by atoms with E-state index in [-0.39, 0.29) is 17.5 Å². The van der Waals surface area contributed by atoms with Gasteiger partial charge >= 0.3 is 0 Å². The van der Waals surface area contributed by atoms with E-state index in [4.69, 9.17) is 11.5 Å². The van der Waals surface area contributed by atoms with Crippen LogP contribution in [0.3, 0.4) is 0 Å². The minimum absolute atomic E-state index is 0.0223. The molecule has 3 heterocycles. The van der Waals surface area contributed by atoms with Gasteiger partial charge in [-0.15, -0.1) is 0 Å². The van der Waals surface area contributed by atoms with Gasteiger partial charge in [0.2, 0.25) is 11.9 Å². The number of hydrogen-bond acceptors (Lipinski definition) is 7. The lowest BCUT2D eigenvalue weighted by Crippen LogP contribution is -2.43. The van der Waals surface area contributed by atoms with E-state index in [9.17, 15) is 9.59 Å². The molecule has 6 N–H and O–H groups in total. The normalized spacial score (nSPS) is 21.2. The van der Waals surface area contributed by atoms with Crippen molar-refractivity contribution < 1.29 is 9.59 Å². The van der Waals surface area contributed by atoms with Gasteiger partial charge in [0, 0.05) is 36.6 Å². The molecule has 1 saturated heterocycles. The van der Waals surface area contributed by atoms with E-state index >= 15 is 0 Å². The van der Waals surface area contributed by atoms with E-state index in [0.717, 1.165) is 61.2 Å². The number of aromatic nitrogens is 2. The van der Waals surface area contributed by atoms with E-state index in [1.165, 1.54) is 18.2 Å². The molecule has 0 bridgehead atoms. The number of nitrogens with zero attached hydrogens (tertiary/aromatic N) is 3. The van der Waals surface area contributed by atoms with Crippen molar-refractivity contribution in [1.29, 1.82) is 0 Å². The van der Waals surface area contributed by atoms with Crippen molar-refractivity contribution in [2.45, 2.75) is 63.8 Å². The van der Waals surface area contributed by atoms with Gasteiger partial charge in [-0.3, -0.25) is 9.59 Å². The number of allylic oxidation sites excluding steroid dienone is 2. The highest BCUT2D eigenvalue weighted by Crippen LogP contribution is 2.45. The van der Waals surface area contributed by atoms with Crippen molar-refractivity contribution in [2.24, 2.45) is 11.5 Å². The predicted molar refractivity (Wildman–Crippen MR) is 138 cm³/mol. The number of nitrogens with one attached hydrogen (secondary N) is 2.